The van der Waals surface area contributed by atoms with Crippen molar-refractivity contribution < 1.29 is 0 Å². The second kappa shape index (κ2) is 7.77. The maximum absolute atomic E-state index is 6.75. The Hall–Kier alpha value is -2.03. The largest absolute Gasteiger partial charge is 0.359 e. The predicted octanol–water partition coefficient (Wildman–Crippen LogP) is 5.85. The van der Waals surface area contributed by atoms with Gasteiger partial charge in [0.25, 0.3) is 0 Å². The van der Waals surface area contributed by atoms with Crippen molar-refractivity contribution in [1.29, 1.82) is 0 Å². The van der Waals surface area contributed by atoms with Gasteiger partial charge in [-0.25, -0.2) is 4.98 Å². The van der Waals surface area contributed by atoms with Crippen LogP contribution in [0.5, 0.6) is 0 Å². The van der Waals surface area contributed by atoms with Gasteiger partial charge in [-0.1, -0.05) is 65.0 Å². The summed E-state index contributed by atoms with van der Waals surface area (Å²) in [5.41, 5.74) is 4.37. The summed E-state index contributed by atoms with van der Waals surface area (Å²) in [6, 6.07) is 2.11. The molecule has 6 heteroatoms. The maximum Gasteiger partial charge on any atom is 0.171 e. The van der Waals surface area contributed by atoms with Crippen LogP contribution in [0.25, 0.3) is 11.0 Å². The fourth-order valence-electron chi connectivity index (χ4n) is 4.91. The Kier molecular flexibility index (Phi) is 5.74. The molecule has 0 atom stereocenters. The number of hydrogen-bond acceptors (Lipinski definition) is 2. The lowest BCUT2D eigenvalue weighted by Gasteiger charge is -2.44. The van der Waals surface area contributed by atoms with Crippen LogP contribution in [0.2, 0.25) is 21.6 Å². The Morgan fingerprint density at radius 2 is 1.64 bits per heavy atom. The molecule has 3 rings (SSSR count). The van der Waals surface area contributed by atoms with Crippen LogP contribution in [0.15, 0.2) is 30.9 Å². The lowest BCUT2D eigenvalue weighted by atomic mass is 10.2. The van der Waals surface area contributed by atoms with Crippen molar-refractivity contribution in [3.05, 3.63) is 47.0 Å². The number of rotatable bonds is 4. The second-order valence-corrected chi connectivity index (χ2v) is 14.5. The summed E-state index contributed by atoms with van der Waals surface area (Å²) in [4.78, 5) is 4.82. The lowest BCUT2D eigenvalue weighted by Crippen LogP contribution is -2.51. The smallest absolute Gasteiger partial charge is 0.171 e. The fraction of sp³-hybridized carbons (Fsp3) is 0.455. The Morgan fingerprint density at radius 3 is 2.18 bits per heavy atom. The van der Waals surface area contributed by atoms with Crippen LogP contribution in [0.4, 0.5) is 0 Å². The molecule has 0 N–H and O–H groups in total. The van der Waals surface area contributed by atoms with Crippen molar-refractivity contribution in [3.8, 4) is 11.8 Å². The van der Waals surface area contributed by atoms with Crippen LogP contribution in [-0.4, -0.2) is 27.2 Å². The first kappa shape index (κ1) is 20.7. The molecule has 0 amide bonds. The topological polar surface area (TPSA) is 35.6 Å². The van der Waals surface area contributed by atoms with Crippen LogP contribution in [-0.2, 0) is 7.05 Å². The van der Waals surface area contributed by atoms with Gasteiger partial charge in [-0.3, -0.25) is 4.68 Å². The van der Waals surface area contributed by atoms with Gasteiger partial charge in [-0.15, -0.1) is 0 Å². The standard InChI is InChI=1S/C22H29ClN4Si/c1-15(2)28(16(3)4,17(5)6)27-11-10-20-21(23)19(13-24-22(20)27)9-8-18-12-25-26(7)14-18/h10-17H,1-7H3. The fourth-order valence-corrected chi connectivity index (χ4v) is 11.7. The molecule has 0 aliphatic heterocycles. The first-order valence-electron chi connectivity index (χ1n) is 9.86. The molecule has 0 fully saturated rings. The van der Waals surface area contributed by atoms with Gasteiger partial charge in [0, 0.05) is 24.8 Å². The summed E-state index contributed by atoms with van der Waals surface area (Å²) >= 11 is 6.75. The number of pyridine rings is 1. The first-order valence-corrected chi connectivity index (χ1v) is 12.4. The Morgan fingerprint density at radius 1 is 1.00 bits per heavy atom. The highest BCUT2D eigenvalue weighted by Gasteiger charge is 2.46. The van der Waals surface area contributed by atoms with E-state index in [2.05, 4.69) is 75.0 Å². The molecule has 0 aliphatic rings. The highest BCUT2D eigenvalue weighted by Crippen LogP contribution is 2.44. The summed E-state index contributed by atoms with van der Waals surface area (Å²) < 4.78 is 4.22. The normalized spacial score (nSPS) is 12.2. The highest BCUT2D eigenvalue weighted by atomic mass is 35.5. The van der Waals surface area contributed by atoms with E-state index < -0.39 is 8.24 Å². The summed E-state index contributed by atoms with van der Waals surface area (Å²) in [5.74, 6) is 6.28. The maximum atomic E-state index is 6.75. The third-order valence-corrected chi connectivity index (χ3v) is 13.0. The van der Waals surface area contributed by atoms with E-state index in [4.69, 9.17) is 16.6 Å². The molecule has 0 aromatic carbocycles. The molecule has 4 nitrogen and oxygen atoms in total. The van der Waals surface area contributed by atoms with Gasteiger partial charge in [0.1, 0.15) is 5.65 Å². The van der Waals surface area contributed by atoms with E-state index in [0.717, 1.165) is 22.2 Å². The van der Waals surface area contributed by atoms with Crippen LogP contribution >= 0.6 is 11.6 Å². The zero-order chi connectivity index (χ0) is 20.6. The van der Waals surface area contributed by atoms with E-state index in [0.29, 0.717) is 21.6 Å². The number of halogens is 1. The van der Waals surface area contributed by atoms with Crippen LogP contribution in [0.1, 0.15) is 52.7 Å². The molecule has 3 aromatic rings. The highest BCUT2D eigenvalue weighted by molar-refractivity contribution is 6.82. The molecule has 0 unspecified atom stereocenters. The van der Waals surface area contributed by atoms with Gasteiger partial charge < -0.3 is 4.23 Å². The summed E-state index contributed by atoms with van der Waals surface area (Å²) in [7, 11) is 0.00165. The number of aryl methyl sites for hydroxylation is 1. The van der Waals surface area contributed by atoms with Gasteiger partial charge >= 0.3 is 0 Å². The van der Waals surface area contributed by atoms with Crippen molar-refractivity contribution in [2.45, 2.75) is 58.2 Å². The van der Waals surface area contributed by atoms with Gasteiger partial charge in [0.2, 0.25) is 0 Å². The van der Waals surface area contributed by atoms with Crippen LogP contribution in [0, 0.1) is 11.8 Å². The zero-order valence-electron chi connectivity index (χ0n) is 17.8. The Balaban J connectivity index is 2.14. The molecule has 3 heterocycles. The molecule has 0 spiro atoms. The summed E-state index contributed by atoms with van der Waals surface area (Å²) in [5, 5.41) is 5.81. The molecule has 28 heavy (non-hydrogen) atoms. The van der Waals surface area contributed by atoms with E-state index in [9.17, 15) is 0 Å². The van der Waals surface area contributed by atoms with Crippen LogP contribution < -0.4 is 0 Å². The van der Waals surface area contributed by atoms with Crippen molar-refractivity contribution in [3.63, 3.8) is 0 Å². The molecule has 0 saturated heterocycles. The second-order valence-electron chi connectivity index (χ2n) is 8.41. The van der Waals surface area contributed by atoms with E-state index in [1.165, 1.54) is 0 Å². The minimum atomic E-state index is -1.88. The van der Waals surface area contributed by atoms with Crippen molar-refractivity contribution in [1.82, 2.24) is 19.0 Å². The Bertz CT molecular complexity index is 1030. The number of nitrogens with zero attached hydrogens (tertiary/aromatic N) is 4. The first-order chi connectivity index (χ1) is 13.2. The van der Waals surface area contributed by atoms with E-state index in [1.54, 1.807) is 10.9 Å². The quantitative estimate of drug-likeness (QED) is 0.398. The molecule has 3 aromatic heterocycles. The average molecular weight is 413 g/mol. The zero-order valence-corrected chi connectivity index (χ0v) is 19.5. The van der Waals surface area contributed by atoms with E-state index >= 15 is 0 Å². The minimum Gasteiger partial charge on any atom is -0.359 e. The molecule has 0 aliphatic carbocycles. The molecular formula is C22H29ClN4Si. The third-order valence-electron chi connectivity index (χ3n) is 5.89. The van der Waals surface area contributed by atoms with Crippen molar-refractivity contribution >= 4 is 30.9 Å². The monoisotopic (exact) mass is 412 g/mol. The SMILES string of the molecule is CC(C)[Si](C(C)C)(C(C)C)n1ccc2c(Cl)c(C#Cc3cnn(C)c3)cnc21. The van der Waals surface area contributed by atoms with Crippen molar-refractivity contribution in [2.24, 2.45) is 7.05 Å². The molecule has 0 bridgehead atoms. The van der Waals surface area contributed by atoms with Gasteiger partial charge in [0.05, 0.1) is 22.3 Å². The van der Waals surface area contributed by atoms with Crippen LogP contribution in [0.3, 0.4) is 0 Å². The van der Waals surface area contributed by atoms with E-state index in [1.807, 2.05) is 19.4 Å². The Labute approximate surface area is 174 Å². The van der Waals surface area contributed by atoms with Crippen molar-refractivity contribution in [2.75, 3.05) is 0 Å². The average Bonchev–Trinajstić information content (AvgIpc) is 3.21. The molecule has 148 valence electrons. The summed E-state index contributed by atoms with van der Waals surface area (Å²) in [6.07, 6.45) is 7.65. The van der Waals surface area contributed by atoms with E-state index in [-0.39, 0.29) is 0 Å². The van der Waals surface area contributed by atoms with Gasteiger partial charge in [-0.2, -0.15) is 5.10 Å². The number of fused-ring (bicyclic) bond motifs is 1. The number of aromatic nitrogens is 4. The molecule has 0 radical (unpaired) electrons. The third kappa shape index (κ3) is 3.29. The molecule has 0 saturated carbocycles. The summed E-state index contributed by atoms with van der Waals surface area (Å²) in [6.45, 7) is 14.1. The predicted molar refractivity (Wildman–Crippen MR) is 120 cm³/mol. The van der Waals surface area contributed by atoms with Gasteiger partial charge in [-0.05, 0) is 28.9 Å². The lowest BCUT2D eigenvalue weighted by molar-refractivity contribution is 0.767. The minimum absolute atomic E-state index is 0.591. The number of hydrogen-bond donors (Lipinski definition) is 0. The van der Waals surface area contributed by atoms with Gasteiger partial charge in [0.15, 0.2) is 8.24 Å². The molecular weight excluding hydrogens is 384 g/mol.